The van der Waals surface area contributed by atoms with Gasteiger partial charge in [-0.25, -0.2) is 0 Å². The number of aryl methyl sites for hydroxylation is 1. The zero-order valence-electron chi connectivity index (χ0n) is 11.9. The van der Waals surface area contributed by atoms with Gasteiger partial charge in [0.25, 0.3) is 0 Å². The molecule has 1 N–H and O–H groups in total. The molecule has 21 heavy (non-hydrogen) atoms. The third-order valence-corrected chi connectivity index (χ3v) is 3.75. The molecule has 8 heteroatoms. The van der Waals surface area contributed by atoms with Gasteiger partial charge >= 0.3 is 6.18 Å². The molecule has 2 heterocycles. The van der Waals surface area contributed by atoms with Crippen LogP contribution in [0.25, 0.3) is 0 Å². The molecule has 0 radical (unpaired) electrons. The normalized spacial score (nSPS) is 19.9. The maximum atomic E-state index is 12.5. The van der Waals surface area contributed by atoms with Gasteiger partial charge in [0.15, 0.2) is 11.9 Å². The summed E-state index contributed by atoms with van der Waals surface area (Å²) in [6, 6.07) is 0. The third-order valence-electron chi connectivity index (χ3n) is 3.75. The van der Waals surface area contributed by atoms with E-state index < -0.39 is 18.2 Å². The van der Waals surface area contributed by atoms with E-state index in [1.165, 1.54) is 0 Å². The predicted octanol–water partition coefficient (Wildman–Crippen LogP) is 2.16. The van der Waals surface area contributed by atoms with Gasteiger partial charge in [-0.15, -0.1) is 0 Å². The number of aliphatic hydroxyl groups is 1. The molecule has 0 aliphatic carbocycles. The second-order valence-electron chi connectivity index (χ2n) is 5.45. The quantitative estimate of drug-likeness (QED) is 0.903. The Labute approximate surface area is 121 Å². The van der Waals surface area contributed by atoms with E-state index in [1.54, 1.807) is 0 Å². The van der Waals surface area contributed by atoms with Crippen molar-refractivity contribution < 1.29 is 22.8 Å². The Bertz CT molecular complexity index is 442. The number of nitrogens with zero attached hydrogens (tertiary/aromatic N) is 3. The molecule has 1 aromatic heterocycles. The van der Waals surface area contributed by atoms with Gasteiger partial charge in [0, 0.05) is 6.42 Å². The smallest absolute Gasteiger partial charge is 0.383 e. The molecule has 2 rings (SSSR count). The number of hydrogen-bond donors (Lipinski definition) is 1. The highest BCUT2D eigenvalue weighted by Crippen LogP contribution is 2.31. The van der Waals surface area contributed by atoms with Crippen molar-refractivity contribution in [3.05, 3.63) is 11.7 Å². The van der Waals surface area contributed by atoms with Gasteiger partial charge in [-0.2, -0.15) is 18.2 Å². The number of halogens is 3. The van der Waals surface area contributed by atoms with Gasteiger partial charge < -0.3 is 9.63 Å². The van der Waals surface area contributed by atoms with Crippen molar-refractivity contribution in [3.8, 4) is 0 Å². The lowest BCUT2D eigenvalue weighted by Crippen LogP contribution is -2.43. The maximum absolute atomic E-state index is 12.5. The van der Waals surface area contributed by atoms with Crippen LogP contribution < -0.4 is 0 Å². The Morgan fingerprint density at radius 3 is 2.62 bits per heavy atom. The lowest BCUT2D eigenvalue weighted by atomic mass is 9.91. The Balaban J connectivity index is 1.81. The minimum absolute atomic E-state index is 0.320. The first-order valence-corrected chi connectivity index (χ1v) is 7.18. The molecule has 0 spiro atoms. The molecule has 1 unspecified atom stereocenters. The van der Waals surface area contributed by atoms with E-state index in [4.69, 9.17) is 4.52 Å². The van der Waals surface area contributed by atoms with Gasteiger partial charge in [0.05, 0.1) is 6.54 Å². The molecule has 1 aliphatic rings. The zero-order valence-corrected chi connectivity index (χ0v) is 11.9. The van der Waals surface area contributed by atoms with Crippen LogP contribution in [0.4, 0.5) is 13.2 Å². The van der Waals surface area contributed by atoms with Crippen LogP contribution in [-0.4, -0.2) is 45.5 Å². The highest BCUT2D eigenvalue weighted by Gasteiger charge is 2.44. The molecular formula is C13H20F3N3O2. The van der Waals surface area contributed by atoms with E-state index >= 15 is 0 Å². The van der Waals surface area contributed by atoms with Gasteiger partial charge in [-0.05, 0) is 38.3 Å². The van der Waals surface area contributed by atoms with Crippen molar-refractivity contribution in [2.45, 2.75) is 51.4 Å². The minimum atomic E-state index is -4.53. The molecular weight excluding hydrogens is 287 g/mol. The number of alkyl halides is 3. The standard InChI is InChI=1S/C13H20F3N3O2/c1-2-3-11-17-10(18-21-11)8-19-6-4-9(5-7-19)12(20)13(14,15)16/h9,12,20H,2-8H2,1H3. The van der Waals surface area contributed by atoms with Gasteiger partial charge in [-0.1, -0.05) is 12.1 Å². The number of aromatic nitrogens is 2. The highest BCUT2D eigenvalue weighted by atomic mass is 19.4. The van der Waals surface area contributed by atoms with Crippen molar-refractivity contribution >= 4 is 0 Å². The van der Waals surface area contributed by atoms with Crippen molar-refractivity contribution in [1.82, 2.24) is 15.0 Å². The van der Waals surface area contributed by atoms with Gasteiger partial charge in [-0.3, -0.25) is 4.90 Å². The Morgan fingerprint density at radius 2 is 2.05 bits per heavy atom. The van der Waals surface area contributed by atoms with E-state index in [-0.39, 0.29) is 0 Å². The molecule has 1 atom stereocenters. The van der Waals surface area contributed by atoms with Crippen LogP contribution in [0.2, 0.25) is 0 Å². The summed E-state index contributed by atoms with van der Waals surface area (Å²) in [7, 11) is 0. The summed E-state index contributed by atoms with van der Waals surface area (Å²) in [5, 5.41) is 13.1. The second-order valence-corrected chi connectivity index (χ2v) is 5.45. The Kier molecular flexibility index (Phi) is 5.21. The van der Waals surface area contributed by atoms with Crippen molar-refractivity contribution in [2.24, 2.45) is 5.92 Å². The van der Waals surface area contributed by atoms with Crippen molar-refractivity contribution in [1.29, 1.82) is 0 Å². The van der Waals surface area contributed by atoms with Crippen LogP contribution in [0.15, 0.2) is 4.52 Å². The van der Waals surface area contributed by atoms with Crippen LogP contribution in [0.5, 0.6) is 0 Å². The SMILES string of the molecule is CCCc1nc(CN2CCC(C(O)C(F)(F)F)CC2)no1. The summed E-state index contributed by atoms with van der Waals surface area (Å²) in [4.78, 5) is 6.22. The molecule has 0 bridgehead atoms. The number of likely N-dealkylation sites (tertiary alicyclic amines) is 1. The molecule has 1 saturated heterocycles. The summed E-state index contributed by atoms with van der Waals surface area (Å²) >= 11 is 0. The lowest BCUT2D eigenvalue weighted by molar-refractivity contribution is -0.223. The van der Waals surface area contributed by atoms with Gasteiger partial charge in [0.1, 0.15) is 0 Å². The lowest BCUT2D eigenvalue weighted by Gasteiger charge is -2.34. The summed E-state index contributed by atoms with van der Waals surface area (Å²) in [6.07, 6.45) is -4.47. The molecule has 1 aliphatic heterocycles. The van der Waals surface area contributed by atoms with E-state index in [0.29, 0.717) is 44.2 Å². The fourth-order valence-corrected chi connectivity index (χ4v) is 2.56. The monoisotopic (exact) mass is 307 g/mol. The molecule has 5 nitrogen and oxygen atoms in total. The highest BCUT2D eigenvalue weighted by molar-refractivity contribution is 4.88. The summed E-state index contributed by atoms with van der Waals surface area (Å²) in [5.41, 5.74) is 0. The first-order chi connectivity index (χ1) is 9.90. The molecule has 1 aromatic rings. The van der Waals surface area contributed by atoms with Crippen molar-refractivity contribution in [3.63, 3.8) is 0 Å². The van der Waals surface area contributed by atoms with E-state index in [9.17, 15) is 18.3 Å². The van der Waals surface area contributed by atoms with Crippen LogP contribution >= 0.6 is 0 Å². The molecule has 0 amide bonds. The summed E-state index contributed by atoms with van der Waals surface area (Å²) < 4.78 is 42.4. The third kappa shape index (κ3) is 4.41. The van der Waals surface area contributed by atoms with Crippen LogP contribution in [0.3, 0.4) is 0 Å². The first kappa shape index (κ1) is 16.2. The average Bonchev–Trinajstić information content (AvgIpc) is 2.86. The summed E-state index contributed by atoms with van der Waals surface area (Å²) in [6.45, 7) is 3.48. The van der Waals surface area contributed by atoms with Gasteiger partial charge in [0.2, 0.25) is 5.89 Å². The van der Waals surface area contributed by atoms with Crippen LogP contribution in [-0.2, 0) is 13.0 Å². The van der Waals surface area contributed by atoms with Crippen molar-refractivity contribution in [2.75, 3.05) is 13.1 Å². The fraction of sp³-hybridized carbons (Fsp3) is 0.846. The molecule has 1 fully saturated rings. The topological polar surface area (TPSA) is 62.4 Å². The second kappa shape index (κ2) is 6.74. The molecule has 0 aromatic carbocycles. The predicted molar refractivity (Wildman–Crippen MR) is 68.4 cm³/mol. The number of aliphatic hydroxyl groups excluding tert-OH is 1. The van der Waals surface area contributed by atoms with E-state index in [1.807, 2.05) is 11.8 Å². The Hall–Kier alpha value is -1.15. The summed E-state index contributed by atoms with van der Waals surface area (Å²) in [5.74, 6) is 0.435. The minimum Gasteiger partial charge on any atom is -0.383 e. The average molecular weight is 307 g/mol. The van der Waals surface area contributed by atoms with E-state index in [0.717, 1.165) is 12.8 Å². The molecule has 120 valence electrons. The number of rotatable bonds is 5. The molecule has 0 saturated carbocycles. The maximum Gasteiger partial charge on any atom is 0.414 e. The van der Waals surface area contributed by atoms with E-state index in [2.05, 4.69) is 10.1 Å². The zero-order chi connectivity index (χ0) is 15.5. The van der Waals surface area contributed by atoms with Crippen LogP contribution in [0.1, 0.15) is 37.9 Å². The number of piperidine rings is 1. The first-order valence-electron chi connectivity index (χ1n) is 7.18. The fourth-order valence-electron chi connectivity index (χ4n) is 2.56. The number of hydrogen-bond acceptors (Lipinski definition) is 5. The Morgan fingerprint density at radius 1 is 1.38 bits per heavy atom. The largest absolute Gasteiger partial charge is 0.414 e. The van der Waals surface area contributed by atoms with Crippen LogP contribution in [0, 0.1) is 5.92 Å².